The van der Waals surface area contributed by atoms with Crippen LogP contribution in [-0.2, 0) is 14.6 Å². The van der Waals surface area contributed by atoms with Crippen molar-refractivity contribution in [1.29, 1.82) is 0 Å². The lowest BCUT2D eigenvalue weighted by molar-refractivity contribution is -0.115. The number of anilines is 1. The molecule has 0 fully saturated rings. The van der Waals surface area contributed by atoms with Crippen molar-refractivity contribution in [3.05, 3.63) is 28.6 Å². The highest BCUT2D eigenvalue weighted by Gasteiger charge is 2.11. The van der Waals surface area contributed by atoms with Crippen molar-refractivity contribution in [3.8, 4) is 11.3 Å². The van der Waals surface area contributed by atoms with E-state index < -0.39 is 9.84 Å². The Kier molecular flexibility index (Phi) is 4.92. The molecule has 1 amide bonds. The van der Waals surface area contributed by atoms with Gasteiger partial charge in [0.1, 0.15) is 19.9 Å². The van der Waals surface area contributed by atoms with E-state index in [9.17, 15) is 13.2 Å². The molecule has 0 aliphatic carbocycles. The molecule has 0 atom stereocenters. The number of halogens is 1. The Labute approximate surface area is 131 Å². The Morgan fingerprint density at radius 1 is 1.43 bits per heavy atom. The standard InChI is InChI=1S/C12H12ClN3O3S2/c1-21(18,19)6-5-10(17)14-9-4-2-3-8(7-9)11-12(13)20-16-15-11/h2-4,7H,5-6H2,1H3,(H,14,17). The van der Waals surface area contributed by atoms with Crippen molar-refractivity contribution in [2.24, 2.45) is 0 Å². The first kappa shape index (κ1) is 15.9. The molecular weight excluding hydrogens is 334 g/mol. The second-order valence-corrected chi connectivity index (χ2v) is 8.02. The largest absolute Gasteiger partial charge is 0.326 e. The van der Waals surface area contributed by atoms with E-state index in [1.54, 1.807) is 24.3 Å². The maximum Gasteiger partial charge on any atom is 0.225 e. The Morgan fingerprint density at radius 2 is 2.19 bits per heavy atom. The van der Waals surface area contributed by atoms with E-state index >= 15 is 0 Å². The van der Waals surface area contributed by atoms with Gasteiger partial charge >= 0.3 is 0 Å². The molecular formula is C12H12ClN3O3S2. The smallest absolute Gasteiger partial charge is 0.225 e. The molecule has 0 saturated carbocycles. The molecule has 0 aliphatic rings. The zero-order valence-corrected chi connectivity index (χ0v) is 13.4. The molecule has 0 unspecified atom stereocenters. The molecule has 0 spiro atoms. The summed E-state index contributed by atoms with van der Waals surface area (Å²) in [5.41, 5.74) is 1.83. The van der Waals surface area contributed by atoms with Gasteiger partial charge in [0, 0.05) is 35.5 Å². The number of carbonyl (C=O) groups excluding carboxylic acids is 1. The molecule has 21 heavy (non-hydrogen) atoms. The Hall–Kier alpha value is -1.51. The molecule has 0 radical (unpaired) electrons. The summed E-state index contributed by atoms with van der Waals surface area (Å²) in [6.45, 7) is 0. The van der Waals surface area contributed by atoms with E-state index in [0.29, 0.717) is 15.7 Å². The highest BCUT2D eigenvalue weighted by atomic mass is 35.5. The molecule has 0 bridgehead atoms. The molecule has 1 N–H and O–H groups in total. The first-order chi connectivity index (χ1) is 9.85. The van der Waals surface area contributed by atoms with Crippen LogP contribution in [-0.4, -0.2) is 35.9 Å². The van der Waals surface area contributed by atoms with Crippen LogP contribution < -0.4 is 5.32 Å². The number of rotatable bonds is 5. The minimum absolute atomic E-state index is 0.0813. The molecule has 2 rings (SSSR count). The van der Waals surface area contributed by atoms with Crippen molar-refractivity contribution in [2.75, 3.05) is 17.3 Å². The van der Waals surface area contributed by atoms with Crippen molar-refractivity contribution in [1.82, 2.24) is 9.59 Å². The van der Waals surface area contributed by atoms with Gasteiger partial charge in [0.25, 0.3) is 0 Å². The van der Waals surface area contributed by atoms with E-state index in [1.807, 2.05) is 0 Å². The summed E-state index contributed by atoms with van der Waals surface area (Å²) in [4.78, 5) is 11.7. The summed E-state index contributed by atoms with van der Waals surface area (Å²) in [5.74, 6) is -0.541. The first-order valence-corrected chi connectivity index (χ1v) is 9.12. The number of nitrogens with zero attached hydrogens (tertiary/aromatic N) is 2. The molecule has 2 aromatic rings. The summed E-state index contributed by atoms with van der Waals surface area (Å²) in [6, 6.07) is 6.96. The maximum absolute atomic E-state index is 11.7. The van der Waals surface area contributed by atoms with Crippen LogP contribution in [0.3, 0.4) is 0 Å². The second-order valence-electron chi connectivity index (χ2n) is 4.40. The third kappa shape index (κ3) is 4.76. The SMILES string of the molecule is CS(=O)(=O)CCC(=O)Nc1cccc(-c2nnsc2Cl)c1. The van der Waals surface area contributed by atoms with Gasteiger partial charge in [-0.3, -0.25) is 4.79 Å². The first-order valence-electron chi connectivity index (χ1n) is 5.91. The third-order valence-corrected chi connectivity index (χ3v) is 4.42. The molecule has 0 saturated heterocycles. The predicted molar refractivity (Wildman–Crippen MR) is 83.3 cm³/mol. The highest BCUT2D eigenvalue weighted by Crippen LogP contribution is 2.29. The fourth-order valence-corrected chi connectivity index (χ4v) is 2.83. The maximum atomic E-state index is 11.7. The number of nitrogens with one attached hydrogen (secondary N) is 1. The summed E-state index contributed by atoms with van der Waals surface area (Å²) in [5, 5.41) is 6.56. The number of hydrogen-bond donors (Lipinski definition) is 1. The van der Waals surface area contributed by atoms with Crippen LogP contribution in [0.5, 0.6) is 0 Å². The van der Waals surface area contributed by atoms with E-state index in [-0.39, 0.29) is 18.1 Å². The third-order valence-electron chi connectivity index (χ3n) is 2.57. The molecule has 9 heteroatoms. The zero-order valence-electron chi connectivity index (χ0n) is 11.0. The van der Waals surface area contributed by atoms with Gasteiger partial charge in [0.05, 0.1) is 5.75 Å². The molecule has 1 aromatic heterocycles. The van der Waals surface area contributed by atoms with Gasteiger partial charge in [-0.2, -0.15) is 0 Å². The lowest BCUT2D eigenvalue weighted by Crippen LogP contribution is -2.16. The Bertz CT molecular complexity index is 759. The highest BCUT2D eigenvalue weighted by molar-refractivity contribution is 7.90. The van der Waals surface area contributed by atoms with E-state index in [4.69, 9.17) is 11.6 Å². The quantitative estimate of drug-likeness (QED) is 0.897. The number of sulfone groups is 1. The Morgan fingerprint density at radius 3 is 2.81 bits per heavy atom. The molecule has 1 heterocycles. The normalized spacial score (nSPS) is 11.3. The second kappa shape index (κ2) is 6.50. The average Bonchev–Trinajstić information content (AvgIpc) is 2.82. The van der Waals surface area contributed by atoms with Crippen molar-refractivity contribution < 1.29 is 13.2 Å². The van der Waals surface area contributed by atoms with Gasteiger partial charge in [-0.1, -0.05) is 28.2 Å². The van der Waals surface area contributed by atoms with E-state index in [1.165, 1.54) is 0 Å². The van der Waals surface area contributed by atoms with Gasteiger partial charge < -0.3 is 5.32 Å². The number of amides is 1. The predicted octanol–water partition coefficient (Wildman–Crippen LogP) is 2.23. The number of hydrogen-bond acceptors (Lipinski definition) is 6. The topological polar surface area (TPSA) is 89.0 Å². The minimum atomic E-state index is -3.16. The number of benzene rings is 1. The van der Waals surface area contributed by atoms with E-state index in [2.05, 4.69) is 14.9 Å². The summed E-state index contributed by atoms with van der Waals surface area (Å²) in [7, 11) is -3.16. The number of aromatic nitrogens is 2. The summed E-state index contributed by atoms with van der Waals surface area (Å²) >= 11 is 7.05. The van der Waals surface area contributed by atoms with Crippen molar-refractivity contribution in [2.45, 2.75) is 6.42 Å². The van der Waals surface area contributed by atoms with Gasteiger partial charge in [-0.15, -0.1) is 5.10 Å². The fraction of sp³-hybridized carbons (Fsp3) is 0.250. The van der Waals surface area contributed by atoms with Crippen LogP contribution in [0, 0.1) is 0 Å². The van der Waals surface area contributed by atoms with Crippen molar-refractivity contribution in [3.63, 3.8) is 0 Å². The van der Waals surface area contributed by atoms with Crippen LogP contribution in [0.15, 0.2) is 24.3 Å². The average molecular weight is 346 g/mol. The van der Waals surface area contributed by atoms with Gasteiger partial charge in [-0.25, -0.2) is 8.42 Å². The van der Waals surface area contributed by atoms with E-state index in [0.717, 1.165) is 23.4 Å². The van der Waals surface area contributed by atoms with Gasteiger partial charge in [-0.05, 0) is 12.1 Å². The molecule has 0 aliphatic heterocycles. The monoisotopic (exact) mass is 345 g/mol. The summed E-state index contributed by atoms with van der Waals surface area (Å²) in [6.07, 6.45) is 1.01. The van der Waals surface area contributed by atoms with Crippen LogP contribution in [0.25, 0.3) is 11.3 Å². The van der Waals surface area contributed by atoms with Crippen LogP contribution >= 0.6 is 23.1 Å². The van der Waals surface area contributed by atoms with Crippen LogP contribution in [0.2, 0.25) is 4.34 Å². The van der Waals surface area contributed by atoms with Crippen LogP contribution in [0.4, 0.5) is 5.69 Å². The lowest BCUT2D eigenvalue weighted by Gasteiger charge is -2.06. The molecule has 6 nitrogen and oxygen atoms in total. The van der Waals surface area contributed by atoms with Gasteiger partial charge in [0.2, 0.25) is 5.91 Å². The number of carbonyl (C=O) groups is 1. The lowest BCUT2D eigenvalue weighted by atomic mass is 10.1. The molecule has 112 valence electrons. The summed E-state index contributed by atoms with van der Waals surface area (Å²) < 4.78 is 26.3. The minimum Gasteiger partial charge on any atom is -0.326 e. The fourth-order valence-electron chi connectivity index (χ4n) is 1.60. The van der Waals surface area contributed by atoms with Gasteiger partial charge in [0.15, 0.2) is 0 Å². The van der Waals surface area contributed by atoms with Crippen molar-refractivity contribution >= 4 is 44.6 Å². The van der Waals surface area contributed by atoms with Crippen LogP contribution in [0.1, 0.15) is 6.42 Å². The Balaban J connectivity index is 2.08. The zero-order chi connectivity index (χ0) is 15.5. The molecule has 1 aromatic carbocycles.